The van der Waals surface area contributed by atoms with Crippen molar-refractivity contribution in [3.05, 3.63) is 194 Å². The van der Waals surface area contributed by atoms with E-state index in [0.717, 1.165) is 5.69 Å². The molecule has 0 saturated heterocycles. The van der Waals surface area contributed by atoms with Crippen molar-refractivity contribution in [2.24, 2.45) is 0 Å². The molecule has 2 nitrogen and oxygen atoms in total. The minimum Gasteiger partial charge on any atom is -0.309 e. The van der Waals surface area contributed by atoms with Crippen molar-refractivity contribution in [1.82, 2.24) is 9.13 Å². The number of rotatable bonds is 4. The zero-order valence-corrected chi connectivity index (χ0v) is 30.6. The number of fused-ring (bicyclic) bond motifs is 10. The number of hydrogen-bond acceptors (Lipinski definition) is 1. The normalized spacial score (nSPS) is 12.0. The quantitative estimate of drug-likeness (QED) is 0.172. The predicted octanol–water partition coefficient (Wildman–Crippen LogP) is 14.7. The second-order valence-electron chi connectivity index (χ2n) is 14.5. The lowest BCUT2D eigenvalue weighted by molar-refractivity contribution is 1.18. The minimum atomic E-state index is 1.16. The summed E-state index contributed by atoms with van der Waals surface area (Å²) in [6, 6.07) is 71.4. The maximum Gasteiger partial charge on any atom is 0.0640 e. The van der Waals surface area contributed by atoms with Crippen molar-refractivity contribution in [2.45, 2.75) is 0 Å². The number of para-hydroxylation sites is 2. The lowest BCUT2D eigenvalue weighted by Crippen LogP contribution is -1.94. The Kier molecular flexibility index (Phi) is 6.54. The second kappa shape index (κ2) is 11.8. The molecule has 0 N–H and O–H groups in total. The molecule has 0 saturated carbocycles. The van der Waals surface area contributed by atoms with Crippen LogP contribution in [0.3, 0.4) is 0 Å². The van der Waals surface area contributed by atoms with E-state index < -0.39 is 0 Å². The maximum atomic E-state index is 2.47. The number of nitrogens with zero attached hydrogens (tertiary/aromatic N) is 2. The lowest BCUT2D eigenvalue weighted by atomic mass is 9.98. The zero-order valence-electron chi connectivity index (χ0n) is 29.8. The third kappa shape index (κ3) is 4.54. The Balaban J connectivity index is 0.997. The van der Waals surface area contributed by atoms with E-state index in [2.05, 4.69) is 203 Å². The predicted molar refractivity (Wildman–Crippen MR) is 236 cm³/mol. The topological polar surface area (TPSA) is 9.86 Å². The highest BCUT2D eigenvalue weighted by atomic mass is 32.1. The summed E-state index contributed by atoms with van der Waals surface area (Å²) in [6.45, 7) is 0. The first kappa shape index (κ1) is 30.5. The van der Waals surface area contributed by atoms with Crippen molar-refractivity contribution in [3.8, 4) is 33.6 Å². The van der Waals surface area contributed by atoms with E-state index in [1.807, 2.05) is 11.3 Å². The van der Waals surface area contributed by atoms with Gasteiger partial charge in [-0.25, -0.2) is 0 Å². The molecule has 256 valence electrons. The van der Waals surface area contributed by atoms with E-state index in [1.165, 1.54) is 102 Å². The first-order chi connectivity index (χ1) is 27.3. The third-order valence-electron chi connectivity index (χ3n) is 11.5. The van der Waals surface area contributed by atoms with Gasteiger partial charge in [0.1, 0.15) is 0 Å². The molecule has 0 spiro atoms. The molecular weight excluding hydrogens is 685 g/mol. The Morgan fingerprint density at radius 3 is 1.60 bits per heavy atom. The van der Waals surface area contributed by atoms with E-state index in [-0.39, 0.29) is 0 Å². The summed E-state index contributed by atoms with van der Waals surface area (Å²) in [4.78, 5) is 0. The summed E-state index contributed by atoms with van der Waals surface area (Å²) in [5.74, 6) is 0. The fraction of sp³-hybridized carbons (Fsp3) is 0. The van der Waals surface area contributed by atoms with Crippen molar-refractivity contribution in [2.75, 3.05) is 0 Å². The van der Waals surface area contributed by atoms with Crippen LogP contribution in [0, 0.1) is 0 Å². The van der Waals surface area contributed by atoms with Crippen LogP contribution in [0.1, 0.15) is 0 Å². The van der Waals surface area contributed by atoms with Gasteiger partial charge in [-0.15, -0.1) is 11.3 Å². The van der Waals surface area contributed by atoms with Gasteiger partial charge < -0.3 is 9.13 Å². The Hall–Kier alpha value is -6.94. The van der Waals surface area contributed by atoms with Crippen LogP contribution in [-0.2, 0) is 0 Å². The molecule has 0 aliphatic heterocycles. The summed E-state index contributed by atoms with van der Waals surface area (Å²) < 4.78 is 7.52. The van der Waals surface area contributed by atoms with E-state index >= 15 is 0 Å². The van der Waals surface area contributed by atoms with E-state index in [4.69, 9.17) is 0 Å². The van der Waals surface area contributed by atoms with Gasteiger partial charge in [0.25, 0.3) is 0 Å². The Labute approximate surface area is 321 Å². The molecule has 0 aliphatic carbocycles. The van der Waals surface area contributed by atoms with Gasteiger partial charge in [-0.3, -0.25) is 0 Å². The molecule has 9 aromatic carbocycles. The smallest absolute Gasteiger partial charge is 0.0640 e. The Morgan fingerprint density at radius 1 is 0.327 bits per heavy atom. The zero-order chi connectivity index (χ0) is 36.0. The van der Waals surface area contributed by atoms with Gasteiger partial charge >= 0.3 is 0 Å². The molecule has 0 bridgehead atoms. The van der Waals surface area contributed by atoms with E-state index in [1.54, 1.807) is 0 Å². The van der Waals surface area contributed by atoms with Crippen LogP contribution in [0.5, 0.6) is 0 Å². The minimum absolute atomic E-state index is 1.16. The molecular formula is C52H32N2S. The Morgan fingerprint density at radius 2 is 0.855 bits per heavy atom. The molecule has 0 fully saturated rings. The second-order valence-corrected chi connectivity index (χ2v) is 15.5. The number of benzene rings is 9. The van der Waals surface area contributed by atoms with Gasteiger partial charge in [-0.1, -0.05) is 133 Å². The van der Waals surface area contributed by atoms with E-state index in [9.17, 15) is 0 Å². The molecule has 3 heterocycles. The molecule has 0 radical (unpaired) electrons. The van der Waals surface area contributed by atoms with Crippen molar-refractivity contribution in [1.29, 1.82) is 0 Å². The molecule has 0 amide bonds. The van der Waals surface area contributed by atoms with Crippen LogP contribution in [-0.4, -0.2) is 9.13 Å². The molecule has 3 aromatic heterocycles. The number of thiophene rings is 1. The van der Waals surface area contributed by atoms with Crippen molar-refractivity contribution < 1.29 is 0 Å². The number of hydrogen-bond donors (Lipinski definition) is 0. The van der Waals surface area contributed by atoms with Gasteiger partial charge in [0.05, 0.1) is 32.5 Å². The standard InChI is InChI=1S/C52H32N2S/c1-2-13-38-33(11-1)12-9-17-39(38)34-23-27-37(28-24-34)53-46-19-6-3-14-40(46)44-31-35(25-29-48(44)53)36-26-30-49-45(32-36)41-15-4-7-20-47(41)54(49)50-21-10-18-43-42-16-5-8-22-51(42)55-52(43)50/h1-32H. The molecule has 0 unspecified atom stereocenters. The SMILES string of the molecule is c1ccc2c(-c3ccc(-n4c5ccccc5c5cc(-c6ccc7c(c6)c6ccccc6n7-c6cccc7c6sc6ccccc67)ccc54)cc3)cccc2c1. The summed E-state index contributed by atoms with van der Waals surface area (Å²) in [5.41, 5.74) is 12.2. The fourth-order valence-electron chi connectivity index (χ4n) is 9.02. The van der Waals surface area contributed by atoms with Gasteiger partial charge in [-0.2, -0.15) is 0 Å². The summed E-state index contributed by atoms with van der Waals surface area (Å²) in [5, 5.41) is 10.2. The van der Waals surface area contributed by atoms with Crippen LogP contribution in [0.4, 0.5) is 0 Å². The van der Waals surface area contributed by atoms with Gasteiger partial charge in [0.2, 0.25) is 0 Å². The van der Waals surface area contributed by atoms with Gasteiger partial charge in [0.15, 0.2) is 0 Å². The van der Waals surface area contributed by atoms with Crippen LogP contribution in [0.25, 0.3) is 108 Å². The largest absolute Gasteiger partial charge is 0.309 e. The molecule has 12 aromatic rings. The molecule has 55 heavy (non-hydrogen) atoms. The highest BCUT2D eigenvalue weighted by Crippen LogP contribution is 2.42. The summed E-state index contributed by atoms with van der Waals surface area (Å²) >= 11 is 1.88. The first-order valence-corrected chi connectivity index (χ1v) is 19.7. The maximum absolute atomic E-state index is 2.47. The summed E-state index contributed by atoms with van der Waals surface area (Å²) in [6.07, 6.45) is 0. The van der Waals surface area contributed by atoms with Crippen molar-refractivity contribution in [3.63, 3.8) is 0 Å². The molecule has 12 rings (SSSR count). The van der Waals surface area contributed by atoms with Crippen LogP contribution in [0.15, 0.2) is 194 Å². The first-order valence-electron chi connectivity index (χ1n) is 18.8. The average Bonchev–Trinajstić information content (AvgIpc) is 3.91. The molecule has 0 atom stereocenters. The highest BCUT2D eigenvalue weighted by Gasteiger charge is 2.18. The summed E-state index contributed by atoms with van der Waals surface area (Å²) in [7, 11) is 0. The van der Waals surface area contributed by atoms with E-state index in [0.29, 0.717) is 0 Å². The van der Waals surface area contributed by atoms with Crippen molar-refractivity contribution >= 4 is 85.9 Å². The fourth-order valence-corrected chi connectivity index (χ4v) is 10.2. The average molecular weight is 717 g/mol. The lowest BCUT2D eigenvalue weighted by Gasteiger charge is -2.11. The van der Waals surface area contributed by atoms with Crippen LogP contribution < -0.4 is 0 Å². The van der Waals surface area contributed by atoms with Crippen LogP contribution in [0.2, 0.25) is 0 Å². The number of aromatic nitrogens is 2. The highest BCUT2D eigenvalue weighted by molar-refractivity contribution is 7.26. The van der Waals surface area contributed by atoms with Gasteiger partial charge in [-0.05, 0) is 93.7 Å². The molecule has 3 heteroatoms. The monoisotopic (exact) mass is 716 g/mol. The van der Waals surface area contributed by atoms with Crippen LogP contribution >= 0.6 is 11.3 Å². The third-order valence-corrected chi connectivity index (χ3v) is 12.7. The molecule has 0 aliphatic rings. The van der Waals surface area contributed by atoms with Gasteiger partial charge in [0, 0.05) is 42.7 Å². The Bertz CT molecular complexity index is 3480.